The standard InChI is InChI=1S/C31H57N9O7S/c32-15-6-9-20(28(43)37-21(10-7-16-33)29(44)38-22(30(45)46)11-8-17-34)36-26(42)14-2-1-5-18-35-25(41)13-4-3-12-24-27-23(19-48-24)39-31(47)40-27/h20-24,27H,1-19,32-34H2,(H,35,41)(H,36,42)(H,37,43)(H,38,44)(H,45,46)(H2,39,40,47)/t20-,21-,22-,23-,24-,27-/m0/s1. The summed E-state index contributed by atoms with van der Waals surface area (Å²) in [4.78, 5) is 74.1. The summed E-state index contributed by atoms with van der Waals surface area (Å²) in [6, 6.07) is -2.79. The largest absolute Gasteiger partial charge is 0.480 e. The van der Waals surface area contributed by atoms with Gasteiger partial charge in [0.2, 0.25) is 23.6 Å². The summed E-state index contributed by atoms with van der Waals surface area (Å²) in [7, 11) is 0. The van der Waals surface area contributed by atoms with Crippen LogP contribution in [0.3, 0.4) is 0 Å². The average Bonchev–Trinajstić information content (AvgIpc) is 3.61. The number of carboxylic acid groups (broad SMARTS) is 1. The second kappa shape index (κ2) is 23.2. The van der Waals surface area contributed by atoms with E-state index in [2.05, 4.69) is 31.9 Å². The molecule has 2 aliphatic rings. The van der Waals surface area contributed by atoms with E-state index in [-0.39, 0.29) is 68.7 Å². The number of nitrogens with one attached hydrogen (secondary N) is 6. The highest BCUT2D eigenvalue weighted by molar-refractivity contribution is 8.00. The van der Waals surface area contributed by atoms with E-state index in [9.17, 15) is 33.9 Å². The molecule has 2 saturated heterocycles. The first kappa shape index (κ1) is 41.0. The first-order valence-corrected chi connectivity index (χ1v) is 18.3. The minimum atomic E-state index is -1.20. The third-order valence-corrected chi connectivity index (χ3v) is 9.98. The van der Waals surface area contributed by atoms with Gasteiger partial charge in [-0.3, -0.25) is 19.2 Å². The fourth-order valence-corrected chi connectivity index (χ4v) is 7.29. The van der Waals surface area contributed by atoms with Crippen LogP contribution in [0, 0.1) is 0 Å². The van der Waals surface area contributed by atoms with Crippen LogP contribution in [0.2, 0.25) is 0 Å². The molecule has 0 aromatic carbocycles. The number of carbonyl (C=O) groups excluding carboxylic acids is 5. The minimum Gasteiger partial charge on any atom is -0.480 e. The number of carboxylic acids is 1. The number of hydrogen-bond acceptors (Lipinski definition) is 10. The lowest BCUT2D eigenvalue weighted by Gasteiger charge is -2.24. The number of carbonyl (C=O) groups is 6. The number of unbranched alkanes of at least 4 members (excludes halogenated alkanes) is 3. The number of hydrogen-bond donors (Lipinski definition) is 10. The van der Waals surface area contributed by atoms with Crippen molar-refractivity contribution in [2.45, 2.75) is 125 Å². The average molecular weight is 700 g/mol. The van der Waals surface area contributed by atoms with Gasteiger partial charge < -0.3 is 54.2 Å². The van der Waals surface area contributed by atoms with Crippen molar-refractivity contribution in [3.63, 3.8) is 0 Å². The van der Waals surface area contributed by atoms with Crippen molar-refractivity contribution in [2.24, 2.45) is 17.2 Å². The zero-order chi connectivity index (χ0) is 35.3. The summed E-state index contributed by atoms with van der Waals surface area (Å²) in [5.41, 5.74) is 16.7. The fraction of sp³-hybridized carbons (Fsp3) is 0.806. The first-order valence-electron chi connectivity index (χ1n) is 17.3. The van der Waals surface area contributed by atoms with Crippen molar-refractivity contribution in [1.29, 1.82) is 0 Å². The Morgan fingerprint density at radius 3 is 1.92 bits per heavy atom. The summed E-state index contributed by atoms with van der Waals surface area (Å²) < 4.78 is 0. The molecule has 2 heterocycles. The molecule has 48 heavy (non-hydrogen) atoms. The van der Waals surface area contributed by atoms with Gasteiger partial charge in [-0.1, -0.05) is 12.8 Å². The molecule has 0 bridgehead atoms. The molecule has 0 aromatic rings. The van der Waals surface area contributed by atoms with Crippen LogP contribution in [-0.4, -0.2) is 108 Å². The topological polar surface area (TPSA) is 273 Å². The van der Waals surface area contributed by atoms with Crippen molar-refractivity contribution in [3.8, 4) is 0 Å². The first-order chi connectivity index (χ1) is 23.1. The van der Waals surface area contributed by atoms with Crippen molar-refractivity contribution in [2.75, 3.05) is 31.9 Å². The van der Waals surface area contributed by atoms with Gasteiger partial charge >= 0.3 is 12.0 Å². The lowest BCUT2D eigenvalue weighted by Crippen LogP contribution is -2.55. The van der Waals surface area contributed by atoms with Crippen LogP contribution in [0.1, 0.15) is 89.9 Å². The SMILES string of the molecule is NCCC[C@H](NC(=O)[C@H](CCCN)NC(=O)[C@H](CCCN)NC(=O)CCCCCNC(=O)CCCC[C@@H]1SC[C@@H]2NC(=O)N[C@@H]21)C(=O)O. The maximum absolute atomic E-state index is 13.2. The number of rotatable bonds is 26. The summed E-state index contributed by atoms with van der Waals surface area (Å²) in [5.74, 6) is -1.78. The zero-order valence-electron chi connectivity index (χ0n) is 27.9. The second-order valence-corrected chi connectivity index (χ2v) is 13.7. The molecule has 0 radical (unpaired) electrons. The zero-order valence-corrected chi connectivity index (χ0v) is 28.8. The van der Waals surface area contributed by atoms with E-state index in [0.717, 1.165) is 25.0 Å². The molecule has 6 atom stereocenters. The van der Waals surface area contributed by atoms with E-state index < -0.39 is 35.9 Å². The second-order valence-electron chi connectivity index (χ2n) is 12.4. The van der Waals surface area contributed by atoms with Crippen molar-refractivity contribution in [1.82, 2.24) is 31.9 Å². The minimum absolute atomic E-state index is 0.00165. The lowest BCUT2D eigenvalue weighted by atomic mass is 10.0. The number of nitrogens with two attached hydrogens (primary N) is 3. The predicted octanol–water partition coefficient (Wildman–Crippen LogP) is -0.855. The van der Waals surface area contributed by atoms with Crippen LogP contribution in [0.5, 0.6) is 0 Å². The van der Waals surface area contributed by atoms with Crippen LogP contribution < -0.4 is 49.1 Å². The Balaban J connectivity index is 1.68. The molecule has 13 N–H and O–H groups in total. The molecular weight excluding hydrogens is 642 g/mol. The maximum atomic E-state index is 13.2. The Hall–Kier alpha value is -3.15. The van der Waals surface area contributed by atoms with Crippen molar-refractivity contribution >= 4 is 47.4 Å². The monoisotopic (exact) mass is 699 g/mol. The van der Waals surface area contributed by atoms with Gasteiger partial charge in [-0.2, -0.15) is 11.8 Å². The molecule has 0 spiro atoms. The molecule has 17 heteroatoms. The van der Waals surface area contributed by atoms with Crippen molar-refractivity contribution in [3.05, 3.63) is 0 Å². The van der Waals surface area contributed by atoms with Crippen LogP contribution in [0.25, 0.3) is 0 Å². The Morgan fingerprint density at radius 2 is 1.29 bits per heavy atom. The van der Waals surface area contributed by atoms with Gasteiger partial charge in [0.15, 0.2) is 0 Å². The molecular formula is C31H57N9O7S. The van der Waals surface area contributed by atoms with Crippen molar-refractivity contribution < 1.29 is 33.9 Å². The normalized spacial score (nSPS) is 20.1. The summed E-state index contributed by atoms with van der Waals surface area (Å²) >= 11 is 1.87. The summed E-state index contributed by atoms with van der Waals surface area (Å²) in [6.07, 6.45) is 7.22. The van der Waals surface area contributed by atoms with Gasteiger partial charge in [0.25, 0.3) is 0 Å². The van der Waals surface area contributed by atoms with E-state index in [1.165, 1.54) is 0 Å². The van der Waals surface area contributed by atoms with E-state index in [1.54, 1.807) is 0 Å². The fourth-order valence-electron chi connectivity index (χ4n) is 5.75. The highest BCUT2D eigenvalue weighted by Gasteiger charge is 2.42. The smallest absolute Gasteiger partial charge is 0.326 e. The molecule has 2 aliphatic heterocycles. The molecule has 274 valence electrons. The molecule has 0 saturated carbocycles. The highest BCUT2D eigenvalue weighted by Crippen LogP contribution is 2.33. The Kier molecular flexibility index (Phi) is 19.9. The van der Waals surface area contributed by atoms with E-state index in [1.807, 2.05) is 11.8 Å². The van der Waals surface area contributed by atoms with Gasteiger partial charge in [-0.25, -0.2) is 9.59 Å². The Labute approximate surface area is 287 Å². The molecule has 16 nitrogen and oxygen atoms in total. The van der Waals surface area contributed by atoms with E-state index in [0.29, 0.717) is 63.3 Å². The third kappa shape index (κ3) is 15.4. The quantitative estimate of drug-likeness (QED) is 0.0392. The molecule has 2 rings (SSSR count). The summed E-state index contributed by atoms with van der Waals surface area (Å²) in [5, 5.41) is 26.6. The van der Waals surface area contributed by atoms with Crippen LogP contribution in [-0.2, 0) is 24.0 Å². The number of aliphatic carboxylic acids is 1. The Morgan fingerprint density at radius 1 is 0.729 bits per heavy atom. The van der Waals surface area contributed by atoms with Crippen LogP contribution >= 0.6 is 11.8 Å². The molecule has 0 aliphatic carbocycles. The summed E-state index contributed by atoms with van der Waals surface area (Å²) in [6.45, 7) is 1.37. The van der Waals surface area contributed by atoms with Gasteiger partial charge in [0.05, 0.1) is 12.1 Å². The molecule has 0 aromatic heterocycles. The highest BCUT2D eigenvalue weighted by atomic mass is 32.2. The van der Waals surface area contributed by atoms with E-state index in [4.69, 9.17) is 17.2 Å². The number of fused-ring (bicyclic) bond motifs is 1. The predicted molar refractivity (Wildman–Crippen MR) is 184 cm³/mol. The van der Waals surface area contributed by atoms with Crippen LogP contribution in [0.15, 0.2) is 0 Å². The van der Waals surface area contributed by atoms with Gasteiger partial charge in [-0.15, -0.1) is 0 Å². The third-order valence-electron chi connectivity index (χ3n) is 8.47. The van der Waals surface area contributed by atoms with Gasteiger partial charge in [0.1, 0.15) is 18.1 Å². The number of urea groups is 1. The molecule has 0 unspecified atom stereocenters. The van der Waals surface area contributed by atoms with Crippen LogP contribution in [0.4, 0.5) is 4.79 Å². The number of thioether (sulfide) groups is 1. The van der Waals surface area contributed by atoms with E-state index >= 15 is 0 Å². The maximum Gasteiger partial charge on any atom is 0.326 e. The lowest BCUT2D eigenvalue weighted by molar-refractivity contribution is -0.142. The van der Waals surface area contributed by atoms with Gasteiger partial charge in [0, 0.05) is 30.4 Å². The molecule has 6 amide bonds. The molecule has 2 fully saturated rings. The van der Waals surface area contributed by atoms with Gasteiger partial charge in [-0.05, 0) is 83.8 Å². The number of amides is 6. The Bertz CT molecular complexity index is 1050.